The fourth-order valence-electron chi connectivity index (χ4n) is 12.7. The van der Waals surface area contributed by atoms with Crippen molar-refractivity contribution in [1.82, 2.24) is 67.9 Å². The summed E-state index contributed by atoms with van der Waals surface area (Å²) in [7, 11) is 8.25. The Kier molecular flexibility index (Phi) is 44.7. The number of aliphatic hydroxyl groups is 5. The molecule has 0 aromatic heterocycles. The Morgan fingerprint density at radius 1 is 0.634 bits per heavy atom. The maximum Gasteiger partial charge on any atom is 0.407 e. The van der Waals surface area contributed by atoms with E-state index in [4.69, 9.17) is 24.1 Å². The molecule has 0 bridgehead atoms. The molecule has 112 heavy (non-hydrogen) atoms. The number of alkyl carbamates (subject to hydrolysis) is 1. The molecule has 1 aromatic rings. The molecule has 0 saturated carbocycles. The van der Waals surface area contributed by atoms with Crippen LogP contribution in [0, 0.1) is 29.1 Å². The molecule has 0 radical (unpaired) electrons. The van der Waals surface area contributed by atoms with Gasteiger partial charge < -0.3 is 113 Å². The van der Waals surface area contributed by atoms with Crippen LogP contribution in [-0.4, -0.2) is 308 Å². The fourth-order valence-corrected chi connectivity index (χ4v) is 12.7. The van der Waals surface area contributed by atoms with Crippen LogP contribution in [0.15, 0.2) is 30.3 Å². The van der Waals surface area contributed by atoms with Gasteiger partial charge in [-0.05, 0) is 75.4 Å². The number of likely N-dealkylation sites (tertiary alicyclic amines) is 1. The van der Waals surface area contributed by atoms with Gasteiger partial charge in [0.15, 0.2) is 0 Å². The largest absolute Gasteiger partial charge is 0.480 e. The highest BCUT2D eigenvalue weighted by Gasteiger charge is 2.44. The molecule has 636 valence electrons. The summed E-state index contributed by atoms with van der Waals surface area (Å²) < 4.78 is 22.5. The molecule has 37 heteroatoms. The highest BCUT2D eigenvalue weighted by molar-refractivity contribution is 5.93. The summed E-state index contributed by atoms with van der Waals surface area (Å²) in [6.07, 6.45) is -10.5. The first-order valence-corrected chi connectivity index (χ1v) is 38.1. The number of aliphatic carboxylic acids is 1. The maximum atomic E-state index is 14.6. The average molecular weight is 1590 g/mol. The number of carbonyl (C=O) groups excluding carboxylic acids is 13. The normalized spacial score (nSPS) is 17.0. The van der Waals surface area contributed by atoms with E-state index in [0.717, 1.165) is 5.56 Å². The van der Waals surface area contributed by atoms with E-state index in [1.165, 1.54) is 21.1 Å². The number of hydrogen-bond donors (Lipinski definition) is 16. The molecular weight excluding hydrogens is 1470 g/mol. The number of ether oxygens (including phenoxy) is 4. The molecule has 1 aliphatic heterocycles. The number of aliphatic hydroxyl groups excluding tert-OH is 5. The maximum absolute atomic E-state index is 14.6. The Bertz CT molecular complexity index is 3190. The van der Waals surface area contributed by atoms with Crippen LogP contribution in [0.3, 0.4) is 0 Å². The van der Waals surface area contributed by atoms with Gasteiger partial charge in [0.2, 0.25) is 65.0 Å². The number of carboxylic acids is 1. The Balaban J connectivity index is 2.01. The van der Waals surface area contributed by atoms with Crippen molar-refractivity contribution in [2.45, 2.75) is 232 Å². The molecular formula is C75H127N13O24. The van der Waals surface area contributed by atoms with Gasteiger partial charge in [0.1, 0.15) is 55.1 Å². The third kappa shape index (κ3) is 35.1. The SMILES string of the molecule is CC[C@H](C)[C@@H]([C@@H](CC(=O)N1CCC[C@H]1[C@H](OC)[C@@H](C)C(=O)N[C@@H](Cc1ccccc1)C(=O)NCCCOC(=O)C(C)NC(=O)CCC(NC(=O)CCNC(=O)OCC(NC(=O)CNC(=O)CCNC(=O)CC(C)(C)C)C(=O)NC[C@H](O)[C@@H](O)[C@H](O)[C@H](O)CO)C(=O)O)OC)N(C)C(=O)C(NC(=O)[C@H](C(C)C)N(C)C)C(C)C. The third-order valence-corrected chi connectivity index (χ3v) is 19.0. The number of carboxylic acid groups (broad SMARTS) is 1. The number of esters is 1. The monoisotopic (exact) mass is 1590 g/mol. The van der Waals surface area contributed by atoms with E-state index in [1.54, 1.807) is 54.1 Å². The first-order valence-electron chi connectivity index (χ1n) is 38.1. The molecule has 1 aromatic carbocycles. The van der Waals surface area contributed by atoms with Crippen molar-refractivity contribution in [2.75, 3.05) is 94.5 Å². The fraction of sp³-hybridized carbons (Fsp3) is 0.733. The minimum atomic E-state index is -2.08. The number of methoxy groups -OCH3 is 2. The molecule has 16 atom stereocenters. The van der Waals surface area contributed by atoms with E-state index >= 15 is 0 Å². The minimum absolute atomic E-state index is 0.0193. The summed E-state index contributed by atoms with van der Waals surface area (Å²) in [4.78, 5) is 190. The van der Waals surface area contributed by atoms with E-state index in [0.29, 0.717) is 25.8 Å². The van der Waals surface area contributed by atoms with Gasteiger partial charge >= 0.3 is 18.0 Å². The van der Waals surface area contributed by atoms with E-state index in [1.807, 2.05) is 81.3 Å². The quantitative estimate of drug-likeness (QED) is 0.0236. The van der Waals surface area contributed by atoms with Crippen molar-refractivity contribution in [3.05, 3.63) is 35.9 Å². The number of nitrogens with zero attached hydrogens (tertiary/aromatic N) is 3. The van der Waals surface area contributed by atoms with Crippen LogP contribution in [0.4, 0.5) is 4.79 Å². The van der Waals surface area contributed by atoms with Gasteiger partial charge in [-0.15, -0.1) is 0 Å². The lowest BCUT2D eigenvalue weighted by molar-refractivity contribution is -0.148. The van der Waals surface area contributed by atoms with Gasteiger partial charge in [0.05, 0.1) is 68.5 Å². The summed E-state index contributed by atoms with van der Waals surface area (Å²) in [5.74, 6) is -10.4. The Morgan fingerprint density at radius 2 is 1.24 bits per heavy atom. The van der Waals surface area contributed by atoms with Crippen molar-refractivity contribution >= 4 is 83.0 Å². The number of likely N-dealkylation sites (N-methyl/N-ethyl adjacent to an activating group) is 2. The summed E-state index contributed by atoms with van der Waals surface area (Å²) in [6.45, 7) is 16.3. The molecule has 0 aliphatic carbocycles. The molecule has 37 nitrogen and oxygen atoms in total. The van der Waals surface area contributed by atoms with Crippen LogP contribution in [0.25, 0.3) is 0 Å². The van der Waals surface area contributed by atoms with Crippen LogP contribution in [0.2, 0.25) is 0 Å². The first kappa shape index (κ1) is 99.4. The first-order chi connectivity index (χ1) is 52.5. The highest BCUT2D eigenvalue weighted by atomic mass is 16.6. The second-order valence-corrected chi connectivity index (χ2v) is 30.4. The lowest BCUT2D eigenvalue weighted by atomic mass is 9.89. The molecule has 16 N–H and O–H groups in total. The average Bonchev–Trinajstić information content (AvgIpc) is 0.917. The van der Waals surface area contributed by atoms with Gasteiger partial charge in [-0.25, -0.2) is 14.4 Å². The summed E-state index contributed by atoms with van der Waals surface area (Å²) in [5, 5.41) is 83.7. The number of benzene rings is 1. The van der Waals surface area contributed by atoms with Crippen LogP contribution in [0.5, 0.6) is 0 Å². The number of carbonyl (C=O) groups is 14. The highest BCUT2D eigenvalue weighted by Crippen LogP contribution is 2.30. The van der Waals surface area contributed by atoms with Crippen molar-refractivity contribution in [1.29, 1.82) is 0 Å². The van der Waals surface area contributed by atoms with Crippen LogP contribution in [-0.2, 0) is 87.7 Å². The molecule has 4 unspecified atom stereocenters. The molecule has 1 aliphatic rings. The van der Waals surface area contributed by atoms with E-state index in [2.05, 4.69) is 53.2 Å². The second kappa shape index (κ2) is 50.4. The van der Waals surface area contributed by atoms with Crippen molar-refractivity contribution < 1.29 is 117 Å². The lowest BCUT2D eigenvalue weighted by Gasteiger charge is -2.41. The van der Waals surface area contributed by atoms with Gasteiger partial charge in [0, 0.05) is 86.1 Å². The van der Waals surface area contributed by atoms with Crippen LogP contribution in [0.1, 0.15) is 146 Å². The zero-order chi connectivity index (χ0) is 84.9. The topological polar surface area (TPSA) is 527 Å². The van der Waals surface area contributed by atoms with E-state index in [9.17, 15) is 92.7 Å². The molecule has 2 rings (SSSR count). The van der Waals surface area contributed by atoms with Crippen molar-refractivity contribution in [3.8, 4) is 0 Å². The van der Waals surface area contributed by atoms with Gasteiger partial charge in [-0.1, -0.05) is 106 Å². The molecule has 0 spiro atoms. The molecule has 1 heterocycles. The minimum Gasteiger partial charge on any atom is -0.480 e. The summed E-state index contributed by atoms with van der Waals surface area (Å²) in [5.41, 5.74) is 0.421. The van der Waals surface area contributed by atoms with Crippen LogP contribution < -0.4 is 53.2 Å². The van der Waals surface area contributed by atoms with E-state index < -0.39 is 202 Å². The predicted molar refractivity (Wildman–Crippen MR) is 407 cm³/mol. The zero-order valence-corrected chi connectivity index (χ0v) is 67.8. The lowest BCUT2D eigenvalue weighted by Crippen LogP contribution is -2.59. The number of rotatable bonds is 51. The Labute approximate surface area is 656 Å². The van der Waals surface area contributed by atoms with Gasteiger partial charge in [0.25, 0.3) is 0 Å². The van der Waals surface area contributed by atoms with Crippen molar-refractivity contribution in [2.24, 2.45) is 29.1 Å². The van der Waals surface area contributed by atoms with E-state index in [-0.39, 0.29) is 98.6 Å². The van der Waals surface area contributed by atoms with Gasteiger partial charge in [-0.2, -0.15) is 0 Å². The summed E-state index contributed by atoms with van der Waals surface area (Å²) in [6, 6.07) is 0.785. The zero-order valence-electron chi connectivity index (χ0n) is 67.8. The standard InChI is InChI=1S/C75H127N13O24/c1-17-44(6)63(87(14)71(104)61(42(2)3)85-70(103)62(43(4)5)86(12)13)54(109-15)36-60(97)88-33-21-25-51(88)66(110-16)45(7)67(100)84-49(35-47-23-19-18-20-24-47)68(101)77-30-22-34-111-73(107)46(8)81-56(93)27-26-48(72(105)106)82-57(94)29-32-78-74(108)112-41-50(69(102)80-38-52(90)64(98)65(99)53(91)40-89)83-59(96)39-79-55(92)28-31-76-58(95)37-75(9,10)11/h18-20,23-24,42-46,48-54,61-66,89-91,98-99H,17,21-22,25-41H2,1-16H3,(H,76,95)(H,77,101)(H,78,108)(H,79,92)(H,80,102)(H,81,93)(H,82,94)(H,83,96)(H,84,100)(H,85,103)(H,105,106)/t44-,45+,46?,48?,49-,50?,51-,52-,53+,54+,61?,62-,63-,64+,65+,66+/m0/s1. The molecule has 1 saturated heterocycles. The van der Waals surface area contributed by atoms with Crippen molar-refractivity contribution in [3.63, 3.8) is 0 Å². The smallest absolute Gasteiger partial charge is 0.407 e. The Morgan fingerprint density at radius 3 is 1.82 bits per heavy atom. The molecule has 12 amide bonds. The second-order valence-electron chi connectivity index (χ2n) is 30.4. The molecule has 1 fully saturated rings. The number of amides is 12. The van der Waals surface area contributed by atoms with Crippen LogP contribution >= 0.6 is 0 Å². The Hall–Kier alpha value is -8.72. The third-order valence-electron chi connectivity index (χ3n) is 19.0. The summed E-state index contributed by atoms with van der Waals surface area (Å²) >= 11 is 0. The predicted octanol–water partition coefficient (Wildman–Crippen LogP) is -2.52. The number of nitrogens with one attached hydrogen (secondary N) is 10. The number of hydrogen-bond acceptors (Lipinski definition) is 24. The van der Waals surface area contributed by atoms with Gasteiger partial charge in [-0.3, -0.25) is 57.6 Å².